The van der Waals surface area contributed by atoms with Crippen molar-refractivity contribution in [2.24, 2.45) is 11.7 Å². The van der Waals surface area contributed by atoms with E-state index >= 15 is 0 Å². The summed E-state index contributed by atoms with van der Waals surface area (Å²) in [6.07, 6.45) is 4.09. The van der Waals surface area contributed by atoms with Crippen LogP contribution in [0.25, 0.3) is 0 Å². The van der Waals surface area contributed by atoms with Gasteiger partial charge in [-0.2, -0.15) is 10.4 Å². The second-order valence-electron chi connectivity index (χ2n) is 7.10. The number of carbonyl (C=O) groups excluding carboxylic acids is 1. The van der Waals surface area contributed by atoms with Crippen LogP contribution in [0.1, 0.15) is 35.7 Å². The molecular formula is C19H23FN6O. The SMILES string of the molecule is CN(C)C1CCC(C#N)C(n2cc(C(N)=O)c(Nc3ccc(F)cc3)n2)C1. The lowest BCUT2D eigenvalue weighted by molar-refractivity contribution is 0.100. The Labute approximate surface area is 157 Å². The van der Waals surface area contributed by atoms with Crippen LogP contribution in [0.3, 0.4) is 0 Å². The third-order valence-electron chi connectivity index (χ3n) is 5.13. The topological polar surface area (TPSA) is 100.0 Å². The molecule has 0 radical (unpaired) electrons. The van der Waals surface area contributed by atoms with Crippen LogP contribution in [0.15, 0.2) is 30.5 Å². The maximum atomic E-state index is 13.1. The van der Waals surface area contributed by atoms with Crippen LogP contribution in [-0.4, -0.2) is 40.7 Å². The van der Waals surface area contributed by atoms with E-state index in [1.165, 1.54) is 12.1 Å². The van der Waals surface area contributed by atoms with Crippen LogP contribution in [0.5, 0.6) is 0 Å². The number of carbonyl (C=O) groups is 1. The molecule has 8 heteroatoms. The predicted molar refractivity (Wildman–Crippen MR) is 99.9 cm³/mol. The van der Waals surface area contributed by atoms with E-state index in [1.54, 1.807) is 23.0 Å². The van der Waals surface area contributed by atoms with Crippen LogP contribution in [0.4, 0.5) is 15.9 Å². The lowest BCUT2D eigenvalue weighted by atomic mass is 9.82. The molecule has 0 bridgehead atoms. The van der Waals surface area contributed by atoms with Crippen molar-refractivity contribution < 1.29 is 9.18 Å². The van der Waals surface area contributed by atoms with Gasteiger partial charge in [0.05, 0.1) is 18.0 Å². The number of nitrogens with one attached hydrogen (secondary N) is 1. The van der Waals surface area contributed by atoms with E-state index in [0.717, 1.165) is 19.3 Å². The van der Waals surface area contributed by atoms with Gasteiger partial charge >= 0.3 is 0 Å². The maximum absolute atomic E-state index is 13.1. The van der Waals surface area contributed by atoms with E-state index < -0.39 is 5.91 Å². The summed E-state index contributed by atoms with van der Waals surface area (Å²) in [5.41, 5.74) is 6.34. The van der Waals surface area contributed by atoms with Crippen molar-refractivity contribution in [1.82, 2.24) is 14.7 Å². The Bertz CT molecular complexity index is 854. The Hall–Kier alpha value is -2.92. The van der Waals surface area contributed by atoms with E-state index in [2.05, 4.69) is 21.4 Å². The molecule has 0 spiro atoms. The Morgan fingerprint density at radius 3 is 2.67 bits per heavy atom. The minimum absolute atomic E-state index is 0.141. The van der Waals surface area contributed by atoms with Gasteiger partial charge in [-0.15, -0.1) is 0 Å². The van der Waals surface area contributed by atoms with Crippen LogP contribution in [0.2, 0.25) is 0 Å². The van der Waals surface area contributed by atoms with Crippen molar-refractivity contribution in [3.8, 4) is 6.07 Å². The number of primary amides is 1. The molecule has 142 valence electrons. The Balaban J connectivity index is 1.92. The van der Waals surface area contributed by atoms with Gasteiger partial charge in [-0.1, -0.05) is 0 Å². The summed E-state index contributed by atoms with van der Waals surface area (Å²) >= 11 is 0. The van der Waals surface area contributed by atoms with E-state index in [4.69, 9.17) is 5.73 Å². The minimum atomic E-state index is -0.612. The van der Waals surface area contributed by atoms with Gasteiger partial charge in [0.25, 0.3) is 5.91 Å². The van der Waals surface area contributed by atoms with E-state index in [1.807, 2.05) is 14.1 Å². The summed E-state index contributed by atoms with van der Waals surface area (Å²) in [5.74, 6) is -0.840. The Morgan fingerprint density at radius 1 is 1.37 bits per heavy atom. The summed E-state index contributed by atoms with van der Waals surface area (Å²) in [6.45, 7) is 0. The van der Waals surface area contributed by atoms with Crippen LogP contribution >= 0.6 is 0 Å². The zero-order valence-electron chi connectivity index (χ0n) is 15.4. The number of amides is 1. The van der Waals surface area contributed by atoms with E-state index in [9.17, 15) is 14.4 Å². The molecule has 1 aliphatic carbocycles. The molecule has 3 rings (SSSR count). The second kappa shape index (κ2) is 7.76. The molecule has 1 fully saturated rings. The first-order chi connectivity index (χ1) is 12.9. The summed E-state index contributed by atoms with van der Waals surface area (Å²) in [7, 11) is 4.04. The van der Waals surface area contributed by atoms with Gasteiger partial charge < -0.3 is 16.0 Å². The molecule has 3 atom stereocenters. The molecule has 1 aromatic heterocycles. The average Bonchev–Trinajstić information content (AvgIpc) is 3.07. The normalized spacial score (nSPS) is 22.4. The van der Waals surface area contributed by atoms with Gasteiger partial charge in [-0.3, -0.25) is 9.48 Å². The predicted octanol–water partition coefficient (Wildman–Crippen LogP) is 2.66. The first-order valence-corrected chi connectivity index (χ1v) is 8.86. The maximum Gasteiger partial charge on any atom is 0.254 e. The lowest BCUT2D eigenvalue weighted by Gasteiger charge is -2.36. The third-order valence-corrected chi connectivity index (χ3v) is 5.13. The minimum Gasteiger partial charge on any atom is -0.365 e. The molecule has 3 unspecified atom stereocenters. The summed E-state index contributed by atoms with van der Waals surface area (Å²) in [5, 5.41) is 17.1. The van der Waals surface area contributed by atoms with Crippen molar-refractivity contribution in [2.75, 3.05) is 19.4 Å². The lowest BCUT2D eigenvalue weighted by Crippen LogP contribution is -2.37. The number of nitrogens with zero attached hydrogens (tertiary/aromatic N) is 4. The molecular weight excluding hydrogens is 347 g/mol. The number of hydrogen-bond donors (Lipinski definition) is 2. The van der Waals surface area contributed by atoms with Crippen molar-refractivity contribution in [3.63, 3.8) is 0 Å². The van der Waals surface area contributed by atoms with Gasteiger partial charge in [0, 0.05) is 17.9 Å². The number of nitriles is 1. The number of hydrogen-bond acceptors (Lipinski definition) is 5. The molecule has 1 aliphatic rings. The molecule has 1 saturated carbocycles. The second-order valence-corrected chi connectivity index (χ2v) is 7.10. The smallest absolute Gasteiger partial charge is 0.254 e. The summed E-state index contributed by atoms with van der Waals surface area (Å²) in [6, 6.07) is 8.31. The fourth-order valence-corrected chi connectivity index (χ4v) is 3.54. The molecule has 1 heterocycles. The van der Waals surface area contributed by atoms with Crippen LogP contribution < -0.4 is 11.1 Å². The number of rotatable bonds is 5. The van der Waals surface area contributed by atoms with Crippen molar-refractivity contribution >= 4 is 17.4 Å². The highest BCUT2D eigenvalue weighted by molar-refractivity contribution is 5.98. The van der Waals surface area contributed by atoms with Crippen LogP contribution in [-0.2, 0) is 0 Å². The van der Waals surface area contributed by atoms with Gasteiger partial charge in [0.1, 0.15) is 11.4 Å². The average molecular weight is 370 g/mol. The molecule has 1 amide bonds. The highest BCUT2D eigenvalue weighted by Crippen LogP contribution is 2.36. The van der Waals surface area contributed by atoms with E-state index in [-0.39, 0.29) is 23.3 Å². The fourth-order valence-electron chi connectivity index (χ4n) is 3.54. The summed E-state index contributed by atoms with van der Waals surface area (Å²) < 4.78 is 14.8. The number of aromatic nitrogens is 2. The standard InChI is InChI=1S/C19H23FN6O/c1-25(2)15-8-3-12(10-21)17(9-15)26-11-16(18(22)27)19(24-26)23-14-6-4-13(20)5-7-14/h4-7,11-12,15,17H,3,8-9H2,1-2H3,(H2,22,27)(H,23,24). The molecule has 2 aromatic rings. The molecule has 7 nitrogen and oxygen atoms in total. The summed E-state index contributed by atoms with van der Waals surface area (Å²) in [4.78, 5) is 14.0. The molecule has 1 aromatic carbocycles. The monoisotopic (exact) mass is 370 g/mol. The fraction of sp³-hybridized carbons (Fsp3) is 0.421. The zero-order chi connectivity index (χ0) is 19.6. The van der Waals surface area contributed by atoms with Gasteiger partial charge in [-0.05, 0) is 57.6 Å². The number of nitrogens with two attached hydrogens (primary N) is 1. The van der Waals surface area contributed by atoms with Gasteiger partial charge in [-0.25, -0.2) is 4.39 Å². The van der Waals surface area contributed by atoms with Crippen molar-refractivity contribution in [1.29, 1.82) is 5.26 Å². The zero-order valence-corrected chi connectivity index (χ0v) is 15.4. The quantitative estimate of drug-likeness (QED) is 0.843. The largest absolute Gasteiger partial charge is 0.365 e. The van der Waals surface area contributed by atoms with Gasteiger partial charge in [0.2, 0.25) is 0 Å². The highest BCUT2D eigenvalue weighted by atomic mass is 19.1. The number of benzene rings is 1. The molecule has 27 heavy (non-hydrogen) atoms. The highest BCUT2D eigenvalue weighted by Gasteiger charge is 2.34. The Kier molecular flexibility index (Phi) is 5.42. The molecule has 3 N–H and O–H groups in total. The van der Waals surface area contributed by atoms with Crippen molar-refractivity contribution in [2.45, 2.75) is 31.3 Å². The molecule has 0 aliphatic heterocycles. The third kappa shape index (κ3) is 4.09. The first kappa shape index (κ1) is 18.9. The van der Waals surface area contributed by atoms with Gasteiger partial charge in [0.15, 0.2) is 5.82 Å². The van der Waals surface area contributed by atoms with Crippen molar-refractivity contribution in [3.05, 3.63) is 41.8 Å². The van der Waals surface area contributed by atoms with Crippen LogP contribution in [0, 0.1) is 23.1 Å². The first-order valence-electron chi connectivity index (χ1n) is 8.86. The van der Waals surface area contributed by atoms with E-state index in [0.29, 0.717) is 17.5 Å². The number of halogens is 1. The molecule has 0 saturated heterocycles. The Morgan fingerprint density at radius 2 is 2.07 bits per heavy atom. The number of anilines is 2.